The zero-order chi connectivity index (χ0) is 15.1. The summed E-state index contributed by atoms with van der Waals surface area (Å²) < 4.78 is 5.68. The molecule has 0 saturated carbocycles. The molecule has 0 radical (unpaired) electrons. The number of piperidine rings is 1. The molecule has 0 aromatic heterocycles. The van der Waals surface area contributed by atoms with Crippen molar-refractivity contribution in [1.82, 2.24) is 4.90 Å². The van der Waals surface area contributed by atoms with Crippen molar-refractivity contribution in [2.45, 2.75) is 39.2 Å². The van der Waals surface area contributed by atoms with Crippen LogP contribution in [0.4, 0.5) is 5.69 Å². The maximum atomic E-state index is 12.8. The Morgan fingerprint density at radius 1 is 1.38 bits per heavy atom. The first kappa shape index (κ1) is 15.8. The van der Waals surface area contributed by atoms with Gasteiger partial charge in [-0.2, -0.15) is 0 Å². The molecule has 2 rings (SSSR count). The minimum atomic E-state index is 0.110. The largest absolute Gasteiger partial charge is 0.384 e. The van der Waals surface area contributed by atoms with E-state index in [-0.39, 0.29) is 12.0 Å². The third-order valence-corrected chi connectivity index (χ3v) is 3.79. The van der Waals surface area contributed by atoms with Gasteiger partial charge in [-0.15, -0.1) is 0 Å². The first-order valence-corrected chi connectivity index (χ1v) is 8.00. The van der Waals surface area contributed by atoms with E-state index in [1.54, 1.807) is 0 Å². The molecule has 0 aliphatic carbocycles. The van der Waals surface area contributed by atoms with E-state index in [0.29, 0.717) is 13.2 Å². The minimum absolute atomic E-state index is 0.110. The maximum absolute atomic E-state index is 12.8. The predicted molar refractivity (Wildman–Crippen MR) is 85.8 cm³/mol. The van der Waals surface area contributed by atoms with Gasteiger partial charge in [0.25, 0.3) is 5.91 Å². The lowest BCUT2D eigenvalue weighted by Gasteiger charge is -2.33. The summed E-state index contributed by atoms with van der Waals surface area (Å²) in [7, 11) is 0. The van der Waals surface area contributed by atoms with Gasteiger partial charge in [-0.05, 0) is 38.3 Å². The molecule has 4 nitrogen and oxygen atoms in total. The smallest absolute Gasteiger partial charge is 0.256 e. The van der Waals surface area contributed by atoms with Crippen molar-refractivity contribution < 1.29 is 9.53 Å². The Morgan fingerprint density at radius 3 is 2.95 bits per heavy atom. The molecule has 1 atom stereocenters. The number of ether oxygens (including phenoxy) is 1. The van der Waals surface area contributed by atoms with Gasteiger partial charge in [-0.3, -0.25) is 4.79 Å². The van der Waals surface area contributed by atoms with Gasteiger partial charge in [0.2, 0.25) is 0 Å². The number of benzene rings is 1. The molecule has 4 heteroatoms. The van der Waals surface area contributed by atoms with Crippen LogP contribution in [0.2, 0.25) is 0 Å². The van der Waals surface area contributed by atoms with Crippen LogP contribution in [0.15, 0.2) is 24.3 Å². The van der Waals surface area contributed by atoms with Crippen molar-refractivity contribution in [2.75, 3.05) is 31.6 Å². The van der Waals surface area contributed by atoms with E-state index in [0.717, 1.165) is 43.6 Å². The van der Waals surface area contributed by atoms with Crippen molar-refractivity contribution in [3.05, 3.63) is 29.8 Å². The van der Waals surface area contributed by atoms with Crippen molar-refractivity contribution in [1.29, 1.82) is 0 Å². The molecule has 1 heterocycles. The predicted octanol–water partition coefficient (Wildman–Crippen LogP) is 3.15. The minimum Gasteiger partial charge on any atom is -0.384 e. The SMILES string of the molecule is CCCNc1ccccc1C(=O)N1CCCC(OCC)C1. The van der Waals surface area contributed by atoms with Gasteiger partial charge in [0.1, 0.15) is 0 Å². The van der Waals surface area contributed by atoms with E-state index in [9.17, 15) is 4.79 Å². The summed E-state index contributed by atoms with van der Waals surface area (Å²) in [5.41, 5.74) is 1.70. The van der Waals surface area contributed by atoms with Crippen LogP contribution in [0.3, 0.4) is 0 Å². The van der Waals surface area contributed by atoms with Gasteiger partial charge in [0, 0.05) is 31.9 Å². The Kier molecular flexibility index (Phi) is 6.05. The molecule has 116 valence electrons. The zero-order valence-electron chi connectivity index (χ0n) is 13.1. The number of carbonyl (C=O) groups excluding carboxylic acids is 1. The van der Waals surface area contributed by atoms with Crippen LogP contribution >= 0.6 is 0 Å². The maximum Gasteiger partial charge on any atom is 0.256 e. The Balaban J connectivity index is 2.08. The van der Waals surface area contributed by atoms with Gasteiger partial charge in [0.15, 0.2) is 0 Å². The number of nitrogens with zero attached hydrogens (tertiary/aromatic N) is 1. The van der Waals surface area contributed by atoms with Crippen LogP contribution < -0.4 is 5.32 Å². The molecular weight excluding hydrogens is 264 g/mol. The first-order chi connectivity index (χ1) is 10.3. The monoisotopic (exact) mass is 290 g/mol. The van der Waals surface area contributed by atoms with E-state index >= 15 is 0 Å². The lowest BCUT2D eigenvalue weighted by molar-refractivity contribution is 0.00727. The number of rotatable bonds is 6. The molecule has 1 aromatic rings. The second-order valence-electron chi connectivity index (χ2n) is 5.44. The summed E-state index contributed by atoms with van der Waals surface area (Å²) in [6, 6.07) is 7.78. The zero-order valence-corrected chi connectivity index (χ0v) is 13.1. The van der Waals surface area contributed by atoms with Gasteiger partial charge >= 0.3 is 0 Å². The van der Waals surface area contributed by atoms with Gasteiger partial charge in [0.05, 0.1) is 11.7 Å². The molecule has 1 aliphatic heterocycles. The van der Waals surface area contributed by atoms with E-state index < -0.39 is 0 Å². The molecule has 1 unspecified atom stereocenters. The van der Waals surface area contributed by atoms with Gasteiger partial charge in [-0.1, -0.05) is 19.1 Å². The molecule has 0 spiro atoms. The van der Waals surface area contributed by atoms with Crippen LogP contribution in [0.25, 0.3) is 0 Å². The molecule has 1 saturated heterocycles. The lowest BCUT2D eigenvalue weighted by atomic mass is 10.1. The van der Waals surface area contributed by atoms with Crippen LogP contribution in [0.1, 0.15) is 43.5 Å². The number of nitrogens with one attached hydrogen (secondary N) is 1. The highest BCUT2D eigenvalue weighted by Crippen LogP contribution is 2.21. The number of amides is 1. The Labute approximate surface area is 127 Å². The molecule has 21 heavy (non-hydrogen) atoms. The standard InChI is InChI=1S/C17H26N2O2/c1-3-11-18-16-10-6-5-9-15(16)17(20)19-12-7-8-14(13-19)21-4-2/h5-6,9-10,14,18H,3-4,7-8,11-13H2,1-2H3. The summed E-state index contributed by atoms with van der Waals surface area (Å²) in [5, 5.41) is 3.34. The van der Waals surface area contributed by atoms with Crippen molar-refractivity contribution in [3.63, 3.8) is 0 Å². The number of anilines is 1. The average Bonchev–Trinajstić information content (AvgIpc) is 2.53. The third-order valence-electron chi connectivity index (χ3n) is 3.79. The second kappa shape index (κ2) is 8.03. The fourth-order valence-electron chi connectivity index (χ4n) is 2.75. The summed E-state index contributed by atoms with van der Waals surface area (Å²) in [6.45, 7) is 7.24. The number of carbonyl (C=O) groups is 1. The van der Waals surface area contributed by atoms with Crippen molar-refractivity contribution in [3.8, 4) is 0 Å². The van der Waals surface area contributed by atoms with Crippen LogP contribution in [-0.2, 0) is 4.74 Å². The summed E-state index contributed by atoms with van der Waals surface area (Å²) in [4.78, 5) is 14.7. The molecule has 0 bridgehead atoms. The van der Waals surface area contributed by atoms with Crippen LogP contribution in [0.5, 0.6) is 0 Å². The second-order valence-corrected chi connectivity index (χ2v) is 5.44. The highest BCUT2D eigenvalue weighted by atomic mass is 16.5. The van der Waals surface area contributed by atoms with E-state index in [2.05, 4.69) is 12.2 Å². The summed E-state index contributed by atoms with van der Waals surface area (Å²) in [5.74, 6) is 0.110. The van der Waals surface area contributed by atoms with E-state index in [1.807, 2.05) is 36.1 Å². The average molecular weight is 290 g/mol. The first-order valence-electron chi connectivity index (χ1n) is 8.00. The molecule has 1 aliphatic rings. The van der Waals surface area contributed by atoms with Gasteiger partial charge < -0.3 is 15.0 Å². The fourth-order valence-corrected chi connectivity index (χ4v) is 2.75. The fraction of sp³-hybridized carbons (Fsp3) is 0.588. The normalized spacial score (nSPS) is 18.6. The van der Waals surface area contributed by atoms with E-state index in [1.165, 1.54) is 0 Å². The molecule has 1 N–H and O–H groups in total. The quantitative estimate of drug-likeness (QED) is 0.875. The number of hydrogen-bond acceptors (Lipinski definition) is 3. The Hall–Kier alpha value is -1.55. The Bertz CT molecular complexity index is 460. The summed E-state index contributed by atoms with van der Waals surface area (Å²) >= 11 is 0. The highest BCUT2D eigenvalue weighted by molar-refractivity contribution is 5.99. The van der Waals surface area contributed by atoms with Crippen molar-refractivity contribution in [2.24, 2.45) is 0 Å². The number of para-hydroxylation sites is 1. The summed E-state index contributed by atoms with van der Waals surface area (Å²) in [6.07, 6.45) is 3.29. The lowest BCUT2D eigenvalue weighted by Crippen LogP contribution is -2.43. The molecule has 1 aromatic carbocycles. The van der Waals surface area contributed by atoms with Crippen LogP contribution in [-0.4, -0.2) is 43.2 Å². The molecule has 1 fully saturated rings. The van der Waals surface area contributed by atoms with Crippen molar-refractivity contribution >= 4 is 11.6 Å². The van der Waals surface area contributed by atoms with Gasteiger partial charge in [-0.25, -0.2) is 0 Å². The Morgan fingerprint density at radius 2 is 2.19 bits per heavy atom. The number of likely N-dealkylation sites (tertiary alicyclic amines) is 1. The van der Waals surface area contributed by atoms with E-state index in [4.69, 9.17) is 4.74 Å². The molecular formula is C17H26N2O2. The number of hydrogen-bond donors (Lipinski definition) is 1. The highest BCUT2D eigenvalue weighted by Gasteiger charge is 2.25. The van der Waals surface area contributed by atoms with Crippen LogP contribution in [0, 0.1) is 0 Å². The third kappa shape index (κ3) is 4.21. The topological polar surface area (TPSA) is 41.6 Å². The molecule has 1 amide bonds.